The van der Waals surface area contributed by atoms with Crippen molar-refractivity contribution in [3.8, 4) is 5.75 Å². The first-order chi connectivity index (χ1) is 9.63. The molecule has 0 radical (unpaired) electrons. The predicted octanol–water partition coefficient (Wildman–Crippen LogP) is 4.35. The molecule has 0 N–H and O–H groups in total. The molecule has 3 rings (SSSR count). The van der Waals surface area contributed by atoms with Gasteiger partial charge in [0.25, 0.3) is 0 Å². The second-order valence-electron chi connectivity index (χ2n) is 4.59. The number of hydrogen-bond acceptors (Lipinski definition) is 2. The van der Waals surface area contributed by atoms with Gasteiger partial charge in [-0.25, -0.2) is 4.21 Å². The zero-order valence-corrected chi connectivity index (χ0v) is 13.5. The highest BCUT2D eigenvalue weighted by atomic mass is 79.9. The first-order valence-electron chi connectivity index (χ1n) is 6.19. The topological polar surface area (TPSA) is 26.3 Å². The van der Waals surface area contributed by atoms with Crippen LogP contribution in [0.1, 0.15) is 16.7 Å². The average molecular weight is 349 g/mol. The van der Waals surface area contributed by atoms with Crippen LogP contribution >= 0.6 is 15.9 Å². The van der Waals surface area contributed by atoms with Gasteiger partial charge in [0.15, 0.2) is 0 Å². The summed E-state index contributed by atoms with van der Waals surface area (Å²) in [5.74, 6) is 0.725. The summed E-state index contributed by atoms with van der Waals surface area (Å²) >= 11 is 3.61. The van der Waals surface area contributed by atoms with Crippen LogP contribution in [-0.4, -0.2) is 11.3 Å². The van der Waals surface area contributed by atoms with E-state index in [0.29, 0.717) is 0 Å². The summed E-state index contributed by atoms with van der Waals surface area (Å²) in [5, 5.41) is 0. The van der Waals surface area contributed by atoms with Gasteiger partial charge in [0.2, 0.25) is 0 Å². The van der Waals surface area contributed by atoms with Crippen LogP contribution < -0.4 is 4.74 Å². The molecular formula is C16H13BrO2S. The average Bonchev–Trinajstić information content (AvgIpc) is 2.71. The van der Waals surface area contributed by atoms with Gasteiger partial charge in [0, 0.05) is 10.0 Å². The van der Waals surface area contributed by atoms with Crippen LogP contribution in [0.2, 0.25) is 0 Å². The minimum absolute atomic E-state index is 0.725. The third kappa shape index (κ3) is 2.03. The Bertz CT molecular complexity index is 750. The van der Waals surface area contributed by atoms with E-state index in [1.807, 2.05) is 49.4 Å². The van der Waals surface area contributed by atoms with Gasteiger partial charge in [-0.15, -0.1) is 0 Å². The summed E-state index contributed by atoms with van der Waals surface area (Å²) in [6.45, 7) is 2.03. The molecule has 1 atom stereocenters. The Morgan fingerprint density at radius 3 is 2.55 bits per heavy atom. The van der Waals surface area contributed by atoms with Gasteiger partial charge in [0.1, 0.15) is 5.75 Å². The molecule has 102 valence electrons. The molecule has 1 aliphatic heterocycles. The Morgan fingerprint density at radius 2 is 1.85 bits per heavy atom. The maximum atomic E-state index is 12.8. The first kappa shape index (κ1) is 13.6. The number of halogens is 1. The molecule has 2 aromatic carbocycles. The Balaban J connectivity index is 2.19. The van der Waals surface area contributed by atoms with Crippen molar-refractivity contribution in [3.63, 3.8) is 0 Å². The van der Waals surface area contributed by atoms with E-state index in [0.717, 1.165) is 36.7 Å². The van der Waals surface area contributed by atoms with Crippen molar-refractivity contribution in [2.45, 2.75) is 11.8 Å². The van der Waals surface area contributed by atoms with Crippen molar-refractivity contribution in [2.75, 3.05) is 7.11 Å². The summed E-state index contributed by atoms with van der Waals surface area (Å²) in [7, 11) is 0.429. The van der Waals surface area contributed by atoms with E-state index in [2.05, 4.69) is 15.9 Å². The molecule has 1 heterocycles. The molecule has 0 saturated heterocycles. The third-order valence-corrected chi connectivity index (χ3v) is 6.02. The lowest BCUT2D eigenvalue weighted by Gasteiger charge is -2.06. The second kappa shape index (κ2) is 5.19. The van der Waals surface area contributed by atoms with E-state index in [9.17, 15) is 4.21 Å². The first-order valence-corrected chi connectivity index (χ1v) is 8.13. The molecule has 0 saturated carbocycles. The van der Waals surface area contributed by atoms with E-state index < -0.39 is 10.8 Å². The van der Waals surface area contributed by atoms with Crippen molar-refractivity contribution < 1.29 is 8.95 Å². The van der Waals surface area contributed by atoms with Crippen LogP contribution in [0.3, 0.4) is 0 Å². The van der Waals surface area contributed by atoms with Gasteiger partial charge in [-0.3, -0.25) is 0 Å². The standard InChI is InChI=1S/C16H13BrO2S/c1-10-5-3-4-6-12(10)16-15(17)13-8-7-11(19-2)9-14(13)20(16)18/h3-9H,1-2H3. The molecule has 2 nitrogen and oxygen atoms in total. The van der Waals surface area contributed by atoms with Crippen molar-refractivity contribution >= 4 is 36.1 Å². The maximum absolute atomic E-state index is 12.8. The van der Waals surface area contributed by atoms with Gasteiger partial charge in [-0.1, -0.05) is 24.3 Å². The SMILES string of the molecule is COc1ccc2c(c1)S(=O)C(c1ccccc1C)=C2Br. The van der Waals surface area contributed by atoms with Crippen molar-refractivity contribution in [2.24, 2.45) is 0 Å². The molecular weight excluding hydrogens is 336 g/mol. The van der Waals surface area contributed by atoms with Crippen LogP contribution in [0.5, 0.6) is 5.75 Å². The second-order valence-corrected chi connectivity index (χ2v) is 6.77. The summed E-state index contributed by atoms with van der Waals surface area (Å²) < 4.78 is 18.9. The summed E-state index contributed by atoms with van der Waals surface area (Å²) in [6.07, 6.45) is 0. The minimum Gasteiger partial charge on any atom is -0.497 e. The highest BCUT2D eigenvalue weighted by molar-refractivity contribution is 9.15. The Kier molecular flexibility index (Phi) is 3.52. The van der Waals surface area contributed by atoms with E-state index in [4.69, 9.17) is 4.74 Å². The fraction of sp³-hybridized carbons (Fsp3) is 0.125. The zero-order chi connectivity index (χ0) is 14.3. The summed E-state index contributed by atoms with van der Waals surface area (Å²) in [4.78, 5) is 1.64. The van der Waals surface area contributed by atoms with Crippen LogP contribution in [0, 0.1) is 6.92 Å². The lowest BCUT2D eigenvalue weighted by Crippen LogP contribution is -1.94. The third-order valence-electron chi connectivity index (χ3n) is 3.40. The monoisotopic (exact) mass is 348 g/mol. The molecule has 1 unspecified atom stereocenters. The number of fused-ring (bicyclic) bond motifs is 1. The molecule has 2 aromatic rings. The molecule has 0 fully saturated rings. The molecule has 0 bridgehead atoms. The lowest BCUT2D eigenvalue weighted by molar-refractivity contribution is 0.413. The van der Waals surface area contributed by atoms with E-state index in [1.165, 1.54) is 0 Å². The van der Waals surface area contributed by atoms with Crippen LogP contribution in [0.15, 0.2) is 47.4 Å². The molecule has 0 spiro atoms. The lowest BCUT2D eigenvalue weighted by atomic mass is 10.1. The molecule has 4 heteroatoms. The predicted molar refractivity (Wildman–Crippen MR) is 86.3 cm³/mol. The van der Waals surface area contributed by atoms with Crippen LogP contribution in [-0.2, 0) is 10.8 Å². The number of ether oxygens (including phenoxy) is 1. The summed E-state index contributed by atoms with van der Waals surface area (Å²) in [5.41, 5.74) is 3.11. The smallest absolute Gasteiger partial charge is 0.120 e. The minimum atomic E-state index is -1.19. The molecule has 0 aromatic heterocycles. The Morgan fingerprint density at radius 1 is 1.10 bits per heavy atom. The number of rotatable bonds is 2. The fourth-order valence-electron chi connectivity index (χ4n) is 2.32. The number of benzene rings is 2. The van der Waals surface area contributed by atoms with Gasteiger partial charge >= 0.3 is 0 Å². The Labute approximate surface area is 129 Å². The van der Waals surface area contributed by atoms with Gasteiger partial charge in [-0.05, 0) is 52.2 Å². The highest BCUT2D eigenvalue weighted by Crippen LogP contribution is 2.46. The maximum Gasteiger partial charge on any atom is 0.120 e. The Hall–Kier alpha value is -1.39. The van der Waals surface area contributed by atoms with E-state index in [1.54, 1.807) is 7.11 Å². The van der Waals surface area contributed by atoms with E-state index >= 15 is 0 Å². The quantitative estimate of drug-likeness (QED) is 0.806. The van der Waals surface area contributed by atoms with E-state index in [-0.39, 0.29) is 0 Å². The number of hydrogen-bond donors (Lipinski definition) is 0. The van der Waals surface area contributed by atoms with Crippen LogP contribution in [0.25, 0.3) is 9.39 Å². The van der Waals surface area contributed by atoms with Gasteiger partial charge in [-0.2, -0.15) is 0 Å². The van der Waals surface area contributed by atoms with Crippen molar-refractivity contribution in [3.05, 3.63) is 59.2 Å². The highest BCUT2D eigenvalue weighted by Gasteiger charge is 2.29. The van der Waals surface area contributed by atoms with Gasteiger partial charge in [0.05, 0.1) is 27.7 Å². The van der Waals surface area contributed by atoms with Crippen molar-refractivity contribution in [1.82, 2.24) is 0 Å². The molecule has 1 aliphatic rings. The number of aryl methyl sites for hydroxylation is 1. The van der Waals surface area contributed by atoms with Crippen LogP contribution in [0.4, 0.5) is 0 Å². The summed E-state index contributed by atoms with van der Waals surface area (Å²) in [6, 6.07) is 13.7. The molecule has 20 heavy (non-hydrogen) atoms. The fourth-order valence-corrected chi connectivity index (χ4v) is 4.97. The number of methoxy groups -OCH3 is 1. The van der Waals surface area contributed by atoms with Crippen molar-refractivity contribution in [1.29, 1.82) is 0 Å². The zero-order valence-electron chi connectivity index (χ0n) is 11.1. The molecule has 0 amide bonds. The largest absolute Gasteiger partial charge is 0.497 e. The normalized spacial score (nSPS) is 17.2. The molecule has 0 aliphatic carbocycles. The van der Waals surface area contributed by atoms with Gasteiger partial charge < -0.3 is 4.74 Å².